The van der Waals surface area contributed by atoms with Gasteiger partial charge >= 0.3 is 5.63 Å². The molecule has 0 unspecified atom stereocenters. The van der Waals surface area contributed by atoms with Gasteiger partial charge in [-0.3, -0.25) is 4.90 Å². The maximum atomic E-state index is 11.8. The van der Waals surface area contributed by atoms with Crippen molar-refractivity contribution in [2.24, 2.45) is 0 Å². The molecule has 1 aliphatic heterocycles. The quantitative estimate of drug-likeness (QED) is 0.785. The Bertz CT molecular complexity index is 666. The first kappa shape index (κ1) is 14.3. The molecule has 2 aromatic rings. The second-order valence-corrected chi connectivity index (χ2v) is 6.13. The fourth-order valence-corrected chi connectivity index (χ4v) is 3.18. The number of hydrogen-bond donors (Lipinski definition) is 0. The van der Waals surface area contributed by atoms with E-state index in [0.717, 1.165) is 36.1 Å². The summed E-state index contributed by atoms with van der Waals surface area (Å²) in [4.78, 5) is 14.3. The first-order valence-corrected chi connectivity index (χ1v) is 7.98. The van der Waals surface area contributed by atoms with E-state index in [2.05, 4.69) is 17.0 Å². The number of aryl methyl sites for hydroxylation is 1. The van der Waals surface area contributed by atoms with Crippen LogP contribution in [0, 0.1) is 6.92 Å². The van der Waals surface area contributed by atoms with E-state index >= 15 is 0 Å². The lowest BCUT2D eigenvalue weighted by molar-refractivity contribution is 0.240. The van der Waals surface area contributed by atoms with Crippen molar-refractivity contribution in [2.45, 2.75) is 45.6 Å². The number of benzene rings is 1. The van der Waals surface area contributed by atoms with Crippen LogP contribution in [0.25, 0.3) is 11.0 Å². The molecular weight excluding hydrogens is 262 g/mol. The topological polar surface area (TPSA) is 33.5 Å². The summed E-state index contributed by atoms with van der Waals surface area (Å²) in [6.45, 7) is 5.14. The Hall–Kier alpha value is -1.61. The Morgan fingerprint density at radius 2 is 1.76 bits per heavy atom. The highest BCUT2D eigenvalue weighted by molar-refractivity contribution is 5.80. The summed E-state index contributed by atoms with van der Waals surface area (Å²) in [7, 11) is 0. The SMILES string of the molecule is Cc1ccc2c(CN3CCCCCCC3)cc(=O)oc2c1. The number of rotatable bonds is 2. The molecule has 3 nitrogen and oxygen atoms in total. The van der Waals surface area contributed by atoms with Gasteiger partial charge in [0.1, 0.15) is 5.58 Å². The van der Waals surface area contributed by atoms with Gasteiger partial charge in [0, 0.05) is 18.0 Å². The van der Waals surface area contributed by atoms with Crippen LogP contribution in [-0.2, 0) is 6.54 Å². The molecular formula is C18H23NO2. The van der Waals surface area contributed by atoms with E-state index in [-0.39, 0.29) is 5.63 Å². The zero-order chi connectivity index (χ0) is 14.7. The Balaban J connectivity index is 1.90. The average molecular weight is 285 g/mol. The highest BCUT2D eigenvalue weighted by Gasteiger charge is 2.12. The molecule has 0 spiro atoms. The standard InChI is InChI=1S/C18H23NO2/c1-14-7-8-16-15(12-18(20)21-17(16)11-14)13-19-9-5-3-2-4-6-10-19/h7-8,11-12H,2-6,9-10,13H2,1H3. The number of likely N-dealkylation sites (tertiary alicyclic amines) is 1. The van der Waals surface area contributed by atoms with E-state index in [1.165, 1.54) is 32.1 Å². The molecule has 1 aromatic heterocycles. The van der Waals surface area contributed by atoms with Gasteiger partial charge in [-0.25, -0.2) is 4.79 Å². The van der Waals surface area contributed by atoms with Crippen molar-refractivity contribution in [2.75, 3.05) is 13.1 Å². The fraction of sp³-hybridized carbons (Fsp3) is 0.500. The minimum atomic E-state index is -0.241. The minimum Gasteiger partial charge on any atom is -0.423 e. The van der Waals surface area contributed by atoms with Crippen LogP contribution in [0.5, 0.6) is 0 Å². The molecule has 1 saturated heterocycles. The molecule has 0 aliphatic carbocycles. The second kappa shape index (κ2) is 6.44. The van der Waals surface area contributed by atoms with Gasteiger partial charge in [0.05, 0.1) is 0 Å². The van der Waals surface area contributed by atoms with Crippen molar-refractivity contribution in [3.63, 3.8) is 0 Å². The third-order valence-corrected chi connectivity index (χ3v) is 4.33. The van der Waals surface area contributed by atoms with Crippen molar-refractivity contribution < 1.29 is 4.42 Å². The molecule has 0 saturated carbocycles. The van der Waals surface area contributed by atoms with Gasteiger partial charge in [-0.2, -0.15) is 0 Å². The molecule has 112 valence electrons. The lowest BCUT2D eigenvalue weighted by Crippen LogP contribution is -2.27. The van der Waals surface area contributed by atoms with E-state index in [1.54, 1.807) is 6.07 Å². The van der Waals surface area contributed by atoms with Crippen molar-refractivity contribution in [1.82, 2.24) is 4.90 Å². The lowest BCUT2D eigenvalue weighted by atomic mass is 10.1. The summed E-state index contributed by atoms with van der Waals surface area (Å²) in [5, 5.41) is 1.07. The molecule has 1 aliphatic rings. The summed E-state index contributed by atoms with van der Waals surface area (Å²) >= 11 is 0. The van der Waals surface area contributed by atoms with Gasteiger partial charge in [-0.1, -0.05) is 31.4 Å². The third-order valence-electron chi connectivity index (χ3n) is 4.33. The van der Waals surface area contributed by atoms with Crippen LogP contribution in [0.4, 0.5) is 0 Å². The van der Waals surface area contributed by atoms with Crippen molar-refractivity contribution in [1.29, 1.82) is 0 Å². The van der Waals surface area contributed by atoms with Crippen LogP contribution in [0.2, 0.25) is 0 Å². The lowest BCUT2D eigenvalue weighted by Gasteiger charge is -2.24. The molecule has 2 heterocycles. The van der Waals surface area contributed by atoms with Crippen LogP contribution in [0.15, 0.2) is 33.5 Å². The van der Waals surface area contributed by atoms with Gasteiger partial charge < -0.3 is 4.42 Å². The van der Waals surface area contributed by atoms with Gasteiger partial charge in [0.25, 0.3) is 0 Å². The fourth-order valence-electron chi connectivity index (χ4n) is 3.18. The summed E-state index contributed by atoms with van der Waals surface area (Å²) in [5.74, 6) is 0. The monoisotopic (exact) mass is 285 g/mol. The van der Waals surface area contributed by atoms with Crippen LogP contribution in [0.3, 0.4) is 0 Å². The molecule has 21 heavy (non-hydrogen) atoms. The minimum absolute atomic E-state index is 0.241. The molecule has 1 fully saturated rings. The van der Waals surface area contributed by atoms with Gasteiger partial charge in [-0.05, 0) is 50.0 Å². The highest BCUT2D eigenvalue weighted by Crippen LogP contribution is 2.21. The first-order valence-electron chi connectivity index (χ1n) is 7.98. The van der Waals surface area contributed by atoms with E-state index in [1.807, 2.05) is 13.0 Å². The largest absolute Gasteiger partial charge is 0.423 e. The zero-order valence-electron chi connectivity index (χ0n) is 12.7. The van der Waals surface area contributed by atoms with Gasteiger partial charge in [0.2, 0.25) is 0 Å². The van der Waals surface area contributed by atoms with E-state index in [0.29, 0.717) is 5.58 Å². The summed E-state index contributed by atoms with van der Waals surface area (Å²) in [6.07, 6.45) is 6.54. The molecule has 3 rings (SSSR count). The smallest absolute Gasteiger partial charge is 0.336 e. The normalized spacial score (nSPS) is 17.6. The first-order chi connectivity index (χ1) is 10.2. The van der Waals surface area contributed by atoms with Crippen molar-refractivity contribution in [3.8, 4) is 0 Å². The number of nitrogens with zero attached hydrogens (tertiary/aromatic N) is 1. The summed E-state index contributed by atoms with van der Waals surface area (Å²) < 4.78 is 5.34. The van der Waals surface area contributed by atoms with Gasteiger partial charge in [-0.15, -0.1) is 0 Å². The Kier molecular flexibility index (Phi) is 4.39. The molecule has 0 N–H and O–H groups in total. The molecule has 0 atom stereocenters. The third kappa shape index (κ3) is 3.53. The van der Waals surface area contributed by atoms with Crippen LogP contribution < -0.4 is 5.63 Å². The molecule has 0 radical (unpaired) electrons. The second-order valence-electron chi connectivity index (χ2n) is 6.13. The molecule has 0 amide bonds. The summed E-state index contributed by atoms with van der Waals surface area (Å²) in [5.41, 5.74) is 2.69. The van der Waals surface area contributed by atoms with E-state index < -0.39 is 0 Å². The van der Waals surface area contributed by atoms with E-state index in [9.17, 15) is 4.79 Å². The predicted octanol–water partition coefficient (Wildman–Crippen LogP) is 3.87. The highest BCUT2D eigenvalue weighted by atomic mass is 16.4. The maximum Gasteiger partial charge on any atom is 0.336 e. The predicted molar refractivity (Wildman–Crippen MR) is 85.6 cm³/mol. The maximum absolute atomic E-state index is 11.8. The zero-order valence-corrected chi connectivity index (χ0v) is 12.7. The van der Waals surface area contributed by atoms with Crippen LogP contribution in [0.1, 0.15) is 43.2 Å². The Morgan fingerprint density at radius 1 is 1.05 bits per heavy atom. The van der Waals surface area contributed by atoms with Crippen LogP contribution in [-0.4, -0.2) is 18.0 Å². The molecule has 0 bridgehead atoms. The van der Waals surface area contributed by atoms with Crippen molar-refractivity contribution >= 4 is 11.0 Å². The van der Waals surface area contributed by atoms with Crippen molar-refractivity contribution in [3.05, 3.63) is 45.8 Å². The molecule has 3 heteroatoms. The summed E-state index contributed by atoms with van der Waals surface area (Å²) in [6, 6.07) is 7.77. The Morgan fingerprint density at radius 3 is 2.52 bits per heavy atom. The Labute approximate surface area is 125 Å². The number of fused-ring (bicyclic) bond motifs is 1. The molecule has 1 aromatic carbocycles. The van der Waals surface area contributed by atoms with Crippen LogP contribution >= 0.6 is 0 Å². The number of hydrogen-bond acceptors (Lipinski definition) is 3. The van der Waals surface area contributed by atoms with Gasteiger partial charge in [0.15, 0.2) is 0 Å². The average Bonchev–Trinajstić information content (AvgIpc) is 2.40. The van der Waals surface area contributed by atoms with E-state index in [4.69, 9.17) is 4.42 Å².